The molecule has 3 rings (SSSR count). The summed E-state index contributed by atoms with van der Waals surface area (Å²) in [5.74, 6) is -2.11. The minimum atomic E-state index is -1.67. The molecule has 1 unspecified atom stereocenters. The summed E-state index contributed by atoms with van der Waals surface area (Å²) >= 11 is 5.82. The van der Waals surface area contributed by atoms with Gasteiger partial charge >= 0.3 is 5.97 Å². The van der Waals surface area contributed by atoms with E-state index in [4.69, 9.17) is 11.6 Å². The van der Waals surface area contributed by atoms with Gasteiger partial charge < -0.3 is 10.4 Å². The second-order valence-corrected chi connectivity index (χ2v) is 4.95. The molecule has 7 heteroatoms. The highest BCUT2D eigenvalue weighted by molar-refractivity contribution is 6.31. The first-order valence-corrected chi connectivity index (χ1v) is 6.02. The molecule has 2 amide bonds. The zero-order valence-electron chi connectivity index (χ0n) is 9.64. The monoisotopic (exact) mass is 280 g/mol. The van der Waals surface area contributed by atoms with Crippen LogP contribution in [-0.2, 0) is 9.59 Å². The first kappa shape index (κ1) is 12.0. The number of rotatable bonds is 1. The van der Waals surface area contributed by atoms with E-state index in [0.29, 0.717) is 5.02 Å². The van der Waals surface area contributed by atoms with Crippen molar-refractivity contribution < 1.29 is 19.5 Å². The Hall–Kier alpha value is -2.08. The number of carboxylic acids is 1. The van der Waals surface area contributed by atoms with Crippen LogP contribution in [0.25, 0.3) is 0 Å². The van der Waals surface area contributed by atoms with E-state index in [9.17, 15) is 19.5 Å². The summed E-state index contributed by atoms with van der Waals surface area (Å²) in [5, 5.41) is 12.1. The van der Waals surface area contributed by atoms with Crippen molar-refractivity contribution in [2.45, 2.75) is 18.5 Å². The number of nitrogens with zero attached hydrogens (tertiary/aromatic N) is 1. The van der Waals surface area contributed by atoms with Crippen molar-refractivity contribution >= 4 is 35.1 Å². The molecule has 0 aromatic heterocycles. The topological polar surface area (TPSA) is 86.7 Å². The van der Waals surface area contributed by atoms with Crippen molar-refractivity contribution in [2.75, 3.05) is 4.90 Å². The average molecular weight is 281 g/mol. The number of aliphatic carboxylic acids is 1. The van der Waals surface area contributed by atoms with E-state index in [1.165, 1.54) is 18.2 Å². The summed E-state index contributed by atoms with van der Waals surface area (Å²) in [7, 11) is 0. The molecule has 1 atom stereocenters. The van der Waals surface area contributed by atoms with Gasteiger partial charge in [-0.05, 0) is 18.2 Å². The van der Waals surface area contributed by atoms with Crippen LogP contribution in [0.4, 0.5) is 5.69 Å². The molecule has 1 saturated heterocycles. The van der Waals surface area contributed by atoms with E-state index in [1.54, 1.807) is 0 Å². The lowest BCUT2D eigenvalue weighted by atomic mass is 10.00. The average Bonchev–Trinajstić information content (AvgIpc) is 2.69. The van der Waals surface area contributed by atoms with Gasteiger partial charge in [0.1, 0.15) is 0 Å². The largest absolute Gasteiger partial charge is 0.478 e. The number of carbonyl (C=O) groups is 3. The summed E-state index contributed by atoms with van der Waals surface area (Å²) in [6.07, 6.45) is 0.129. The second-order valence-electron chi connectivity index (χ2n) is 4.51. The molecule has 0 bridgehead atoms. The summed E-state index contributed by atoms with van der Waals surface area (Å²) < 4.78 is 0. The van der Waals surface area contributed by atoms with Crippen LogP contribution >= 0.6 is 11.6 Å². The SMILES string of the molecule is O=C1NC2(C(=O)O)CCC(=O)N2c2ccc(Cl)cc21. The van der Waals surface area contributed by atoms with Crippen LogP contribution in [-0.4, -0.2) is 28.6 Å². The lowest BCUT2D eigenvalue weighted by molar-refractivity contribution is -0.144. The quantitative estimate of drug-likeness (QED) is 0.803. The number of fused-ring (bicyclic) bond motifs is 3. The molecule has 1 fully saturated rings. The molecule has 0 saturated carbocycles. The smallest absolute Gasteiger partial charge is 0.351 e. The maximum Gasteiger partial charge on any atom is 0.351 e. The van der Waals surface area contributed by atoms with Crippen LogP contribution in [0, 0.1) is 0 Å². The Morgan fingerprint density at radius 3 is 2.84 bits per heavy atom. The lowest BCUT2D eigenvalue weighted by Crippen LogP contribution is -2.66. The highest BCUT2D eigenvalue weighted by Gasteiger charge is 2.56. The summed E-state index contributed by atoms with van der Waals surface area (Å²) in [6.45, 7) is 0. The van der Waals surface area contributed by atoms with Crippen molar-refractivity contribution in [3.05, 3.63) is 28.8 Å². The van der Waals surface area contributed by atoms with E-state index in [2.05, 4.69) is 5.32 Å². The third kappa shape index (κ3) is 1.46. The number of nitrogens with one attached hydrogen (secondary N) is 1. The van der Waals surface area contributed by atoms with Gasteiger partial charge in [-0.3, -0.25) is 14.5 Å². The maximum absolute atomic E-state index is 12.0. The van der Waals surface area contributed by atoms with Crippen LogP contribution in [0.3, 0.4) is 0 Å². The van der Waals surface area contributed by atoms with Gasteiger partial charge in [0.25, 0.3) is 5.91 Å². The molecule has 2 aliphatic rings. The first-order valence-electron chi connectivity index (χ1n) is 5.64. The van der Waals surface area contributed by atoms with Crippen molar-refractivity contribution in [1.82, 2.24) is 5.32 Å². The Kier molecular flexibility index (Phi) is 2.34. The van der Waals surface area contributed by atoms with E-state index >= 15 is 0 Å². The number of anilines is 1. The third-order valence-corrected chi connectivity index (χ3v) is 3.69. The predicted octanol–water partition coefficient (Wildman–Crippen LogP) is 0.991. The highest BCUT2D eigenvalue weighted by Crippen LogP contribution is 2.40. The van der Waals surface area contributed by atoms with Gasteiger partial charge in [-0.25, -0.2) is 4.79 Å². The normalized spacial score (nSPS) is 24.8. The minimum Gasteiger partial charge on any atom is -0.478 e. The van der Waals surface area contributed by atoms with Gasteiger partial charge in [0.2, 0.25) is 11.6 Å². The van der Waals surface area contributed by atoms with Gasteiger partial charge in [0.15, 0.2) is 0 Å². The molecule has 2 heterocycles. The van der Waals surface area contributed by atoms with E-state index in [-0.39, 0.29) is 30.0 Å². The van der Waals surface area contributed by atoms with Gasteiger partial charge in [-0.15, -0.1) is 0 Å². The van der Waals surface area contributed by atoms with Crippen molar-refractivity contribution in [3.8, 4) is 0 Å². The van der Waals surface area contributed by atoms with Gasteiger partial charge in [-0.2, -0.15) is 0 Å². The second kappa shape index (κ2) is 3.71. The number of carboxylic acid groups (broad SMARTS) is 1. The van der Waals surface area contributed by atoms with Gasteiger partial charge in [-0.1, -0.05) is 11.6 Å². The van der Waals surface area contributed by atoms with Crippen molar-refractivity contribution in [3.63, 3.8) is 0 Å². The number of hydrogen-bond acceptors (Lipinski definition) is 3. The molecule has 0 aliphatic carbocycles. The summed E-state index contributed by atoms with van der Waals surface area (Å²) in [5.41, 5.74) is -1.17. The van der Waals surface area contributed by atoms with Crippen LogP contribution in [0.1, 0.15) is 23.2 Å². The first-order chi connectivity index (χ1) is 8.95. The molecule has 2 N–H and O–H groups in total. The van der Waals surface area contributed by atoms with Gasteiger partial charge in [0, 0.05) is 17.9 Å². The molecule has 98 valence electrons. The maximum atomic E-state index is 12.0. The fourth-order valence-corrected chi connectivity index (χ4v) is 2.75. The molecule has 1 aromatic carbocycles. The predicted molar refractivity (Wildman–Crippen MR) is 66.0 cm³/mol. The number of carbonyl (C=O) groups excluding carboxylic acids is 2. The third-order valence-electron chi connectivity index (χ3n) is 3.45. The highest BCUT2D eigenvalue weighted by atomic mass is 35.5. The lowest BCUT2D eigenvalue weighted by Gasteiger charge is -2.39. The standard InChI is InChI=1S/C12H9ClN2O4/c13-6-1-2-8-7(5-6)10(17)14-12(11(18)19)4-3-9(16)15(8)12/h1-2,5H,3-4H2,(H,14,17)(H,18,19). The molecule has 6 nitrogen and oxygen atoms in total. The van der Waals surface area contributed by atoms with Crippen molar-refractivity contribution in [2.24, 2.45) is 0 Å². The van der Waals surface area contributed by atoms with E-state index < -0.39 is 17.5 Å². The molecule has 2 aliphatic heterocycles. The number of benzene rings is 1. The summed E-state index contributed by atoms with van der Waals surface area (Å²) in [4.78, 5) is 36.6. The Labute approximate surface area is 113 Å². The molecule has 0 spiro atoms. The van der Waals surface area contributed by atoms with Crippen LogP contribution < -0.4 is 10.2 Å². The Balaban J connectivity index is 2.25. The summed E-state index contributed by atoms with van der Waals surface area (Å²) in [6, 6.07) is 4.44. The van der Waals surface area contributed by atoms with Crippen LogP contribution in [0.5, 0.6) is 0 Å². The van der Waals surface area contributed by atoms with E-state index in [1.807, 2.05) is 0 Å². The fraction of sp³-hybridized carbons (Fsp3) is 0.250. The zero-order chi connectivity index (χ0) is 13.8. The van der Waals surface area contributed by atoms with Crippen LogP contribution in [0.15, 0.2) is 18.2 Å². The van der Waals surface area contributed by atoms with Crippen molar-refractivity contribution in [1.29, 1.82) is 0 Å². The number of halogens is 1. The molecular weight excluding hydrogens is 272 g/mol. The Bertz CT molecular complexity index is 630. The zero-order valence-corrected chi connectivity index (χ0v) is 10.4. The van der Waals surface area contributed by atoms with Crippen LogP contribution in [0.2, 0.25) is 5.02 Å². The number of amides is 2. The molecule has 1 aromatic rings. The molecule has 19 heavy (non-hydrogen) atoms. The Morgan fingerprint density at radius 2 is 2.16 bits per heavy atom. The fourth-order valence-electron chi connectivity index (χ4n) is 2.58. The van der Waals surface area contributed by atoms with Gasteiger partial charge in [0.05, 0.1) is 11.3 Å². The molecular formula is C12H9ClN2O4. The molecule has 0 radical (unpaired) electrons. The number of hydrogen-bond donors (Lipinski definition) is 2. The van der Waals surface area contributed by atoms with E-state index in [0.717, 1.165) is 4.90 Å². The Morgan fingerprint density at radius 1 is 1.42 bits per heavy atom. The minimum absolute atomic E-state index is 0.0506.